The molecule has 2 fully saturated rings. The van der Waals surface area contributed by atoms with Crippen molar-refractivity contribution >= 4 is 5.71 Å². The van der Waals surface area contributed by atoms with Gasteiger partial charge in [-0.1, -0.05) is 5.16 Å². The number of fused-ring (bicyclic) bond motifs is 1. The molecule has 0 unspecified atom stereocenters. The first-order valence-corrected chi connectivity index (χ1v) is 4.74. The van der Waals surface area contributed by atoms with E-state index in [0.717, 1.165) is 24.5 Å². The average Bonchev–Trinajstić information content (AvgIpc) is 2.82. The average molecular weight is 189 g/mol. The van der Waals surface area contributed by atoms with Gasteiger partial charge in [-0.25, -0.2) is 8.78 Å². The highest BCUT2D eigenvalue weighted by Crippen LogP contribution is 2.47. The molecule has 4 heteroatoms. The van der Waals surface area contributed by atoms with Crippen LogP contribution in [0.4, 0.5) is 8.78 Å². The van der Waals surface area contributed by atoms with E-state index in [1.54, 1.807) is 0 Å². The summed E-state index contributed by atoms with van der Waals surface area (Å²) in [6, 6.07) is 0. The number of hydrogen-bond donors (Lipinski definition) is 0. The zero-order valence-corrected chi connectivity index (χ0v) is 7.38. The molecule has 0 heterocycles. The standard InChI is InChI=1S/C9H13F2NO/c10-9(11)5-13-12-8-3-1-2-6-4-7(6)8/h6-7,9H,1-5H2/b12-8-/t6-,7+/m0/s1. The molecule has 0 aromatic carbocycles. The van der Waals surface area contributed by atoms with Crippen LogP contribution in [0.25, 0.3) is 0 Å². The molecule has 2 saturated carbocycles. The highest BCUT2D eigenvalue weighted by Gasteiger charge is 2.43. The zero-order chi connectivity index (χ0) is 9.26. The molecule has 0 aliphatic heterocycles. The lowest BCUT2D eigenvalue weighted by molar-refractivity contribution is 0.0195. The molecule has 13 heavy (non-hydrogen) atoms. The number of hydrogen-bond acceptors (Lipinski definition) is 2. The number of nitrogens with zero attached hydrogens (tertiary/aromatic N) is 1. The van der Waals surface area contributed by atoms with Crippen molar-refractivity contribution in [1.29, 1.82) is 0 Å². The number of alkyl halides is 2. The normalized spacial score (nSPS) is 34.8. The molecule has 0 aromatic heterocycles. The Labute approximate surface area is 75.9 Å². The van der Waals surface area contributed by atoms with Gasteiger partial charge in [0.1, 0.15) is 0 Å². The molecule has 2 nitrogen and oxygen atoms in total. The quantitative estimate of drug-likeness (QED) is 0.625. The van der Waals surface area contributed by atoms with Gasteiger partial charge in [0.25, 0.3) is 6.43 Å². The molecule has 0 amide bonds. The van der Waals surface area contributed by atoms with E-state index in [1.807, 2.05) is 0 Å². The van der Waals surface area contributed by atoms with E-state index in [1.165, 1.54) is 12.8 Å². The monoisotopic (exact) mass is 189 g/mol. The second-order valence-corrected chi connectivity index (χ2v) is 3.76. The van der Waals surface area contributed by atoms with E-state index >= 15 is 0 Å². The molecular formula is C9H13F2NO. The fourth-order valence-electron chi connectivity index (χ4n) is 2.00. The Morgan fingerprint density at radius 3 is 3.15 bits per heavy atom. The molecule has 0 radical (unpaired) electrons. The lowest BCUT2D eigenvalue weighted by Gasteiger charge is -2.10. The molecular weight excluding hydrogens is 176 g/mol. The number of oxime groups is 1. The summed E-state index contributed by atoms with van der Waals surface area (Å²) in [4.78, 5) is 4.57. The van der Waals surface area contributed by atoms with Crippen molar-refractivity contribution in [2.24, 2.45) is 17.0 Å². The predicted molar refractivity (Wildman–Crippen MR) is 44.8 cm³/mol. The highest BCUT2D eigenvalue weighted by atomic mass is 19.3. The van der Waals surface area contributed by atoms with Crippen LogP contribution in [0.15, 0.2) is 5.16 Å². The van der Waals surface area contributed by atoms with Gasteiger partial charge in [-0.2, -0.15) is 0 Å². The Morgan fingerprint density at radius 1 is 1.54 bits per heavy atom. The van der Waals surface area contributed by atoms with Gasteiger partial charge in [0.15, 0.2) is 6.61 Å². The van der Waals surface area contributed by atoms with Crippen molar-refractivity contribution in [1.82, 2.24) is 0 Å². The van der Waals surface area contributed by atoms with Crippen LogP contribution in [0.1, 0.15) is 25.7 Å². The largest absolute Gasteiger partial charge is 0.390 e. The van der Waals surface area contributed by atoms with Gasteiger partial charge in [0.05, 0.1) is 5.71 Å². The maximum atomic E-state index is 11.7. The summed E-state index contributed by atoms with van der Waals surface area (Å²) < 4.78 is 23.4. The maximum absolute atomic E-state index is 11.7. The predicted octanol–water partition coefficient (Wildman–Crippen LogP) is 2.44. The Morgan fingerprint density at radius 2 is 2.38 bits per heavy atom. The van der Waals surface area contributed by atoms with Gasteiger partial charge in [-0.15, -0.1) is 0 Å². The van der Waals surface area contributed by atoms with Crippen LogP contribution in [0.2, 0.25) is 0 Å². The fourth-order valence-corrected chi connectivity index (χ4v) is 2.00. The molecule has 2 aliphatic rings. The topological polar surface area (TPSA) is 21.6 Å². The molecule has 0 saturated heterocycles. The summed E-state index contributed by atoms with van der Waals surface area (Å²) in [5.41, 5.74) is 1.01. The first kappa shape index (κ1) is 8.91. The van der Waals surface area contributed by atoms with Crippen LogP contribution in [-0.2, 0) is 4.84 Å². The van der Waals surface area contributed by atoms with Gasteiger partial charge < -0.3 is 4.84 Å². The molecule has 0 aromatic rings. The van der Waals surface area contributed by atoms with Gasteiger partial charge in [0.2, 0.25) is 0 Å². The van der Waals surface area contributed by atoms with E-state index < -0.39 is 13.0 Å². The van der Waals surface area contributed by atoms with Crippen LogP contribution >= 0.6 is 0 Å². The van der Waals surface area contributed by atoms with Crippen molar-refractivity contribution in [3.63, 3.8) is 0 Å². The Hall–Kier alpha value is -0.670. The summed E-state index contributed by atoms with van der Waals surface area (Å²) in [6.07, 6.45) is 2.13. The van der Waals surface area contributed by atoms with Crippen LogP contribution in [0.3, 0.4) is 0 Å². The zero-order valence-electron chi connectivity index (χ0n) is 7.38. The highest BCUT2D eigenvalue weighted by molar-refractivity contribution is 5.89. The summed E-state index contributed by atoms with van der Waals surface area (Å²) in [5.74, 6) is 1.34. The smallest absolute Gasteiger partial charge is 0.274 e. The molecule has 0 bridgehead atoms. The Balaban J connectivity index is 1.78. The number of halogens is 2. The lowest BCUT2D eigenvalue weighted by Crippen LogP contribution is -2.10. The second kappa shape index (κ2) is 3.60. The van der Waals surface area contributed by atoms with Crippen LogP contribution < -0.4 is 0 Å². The molecule has 0 N–H and O–H groups in total. The molecule has 2 atom stereocenters. The summed E-state index contributed by atoms with van der Waals surface area (Å²) in [5, 5.41) is 3.78. The van der Waals surface area contributed by atoms with Crippen molar-refractivity contribution in [2.45, 2.75) is 32.1 Å². The Kier molecular flexibility index (Phi) is 2.47. The third-order valence-corrected chi connectivity index (χ3v) is 2.74. The van der Waals surface area contributed by atoms with Crippen molar-refractivity contribution in [2.75, 3.05) is 6.61 Å². The van der Waals surface area contributed by atoms with Crippen LogP contribution in [0, 0.1) is 11.8 Å². The summed E-state index contributed by atoms with van der Waals surface area (Å²) in [7, 11) is 0. The van der Waals surface area contributed by atoms with Gasteiger partial charge in [0, 0.05) is 5.92 Å². The van der Waals surface area contributed by atoms with Crippen LogP contribution in [-0.4, -0.2) is 18.7 Å². The second-order valence-electron chi connectivity index (χ2n) is 3.76. The molecule has 2 aliphatic carbocycles. The van der Waals surface area contributed by atoms with Crippen molar-refractivity contribution < 1.29 is 13.6 Å². The van der Waals surface area contributed by atoms with Crippen molar-refractivity contribution in [3.8, 4) is 0 Å². The van der Waals surface area contributed by atoms with E-state index in [0.29, 0.717) is 5.92 Å². The molecule has 0 spiro atoms. The fraction of sp³-hybridized carbons (Fsp3) is 0.889. The third-order valence-electron chi connectivity index (χ3n) is 2.74. The van der Waals surface area contributed by atoms with E-state index in [4.69, 9.17) is 0 Å². The summed E-state index contributed by atoms with van der Waals surface area (Å²) >= 11 is 0. The minimum Gasteiger partial charge on any atom is -0.390 e. The maximum Gasteiger partial charge on any atom is 0.274 e. The molecule has 2 rings (SSSR count). The Bertz CT molecular complexity index is 218. The SMILES string of the molecule is FC(F)CO/N=C1/CCC[C@H]2C[C@@H]12. The van der Waals surface area contributed by atoms with Crippen molar-refractivity contribution in [3.05, 3.63) is 0 Å². The minimum atomic E-state index is -2.41. The first-order valence-electron chi connectivity index (χ1n) is 4.74. The molecule has 74 valence electrons. The minimum absolute atomic E-state index is 0.562. The third kappa shape index (κ3) is 2.17. The van der Waals surface area contributed by atoms with Gasteiger partial charge in [-0.3, -0.25) is 0 Å². The van der Waals surface area contributed by atoms with E-state index in [9.17, 15) is 8.78 Å². The van der Waals surface area contributed by atoms with Crippen LogP contribution in [0.5, 0.6) is 0 Å². The lowest BCUT2D eigenvalue weighted by atomic mass is 9.99. The number of rotatable bonds is 3. The van der Waals surface area contributed by atoms with Gasteiger partial charge >= 0.3 is 0 Å². The van der Waals surface area contributed by atoms with E-state index in [-0.39, 0.29) is 0 Å². The van der Waals surface area contributed by atoms with Gasteiger partial charge in [-0.05, 0) is 31.6 Å². The first-order chi connectivity index (χ1) is 6.27. The summed E-state index contributed by atoms with van der Waals surface area (Å²) in [6.45, 7) is -0.569. The van der Waals surface area contributed by atoms with E-state index in [2.05, 4.69) is 9.99 Å².